The van der Waals surface area contributed by atoms with Crippen molar-refractivity contribution in [3.05, 3.63) is 16.1 Å². The third-order valence-electron chi connectivity index (χ3n) is 1.42. The first kappa shape index (κ1) is 7.91. The van der Waals surface area contributed by atoms with Crippen molar-refractivity contribution in [3.63, 3.8) is 0 Å². The van der Waals surface area contributed by atoms with Gasteiger partial charge >= 0.3 is 5.56 Å². The third kappa shape index (κ3) is 1.29. The van der Waals surface area contributed by atoms with Gasteiger partial charge in [-0.2, -0.15) is 5.16 Å². The Morgan fingerprint density at radius 1 is 1.45 bits per heavy atom. The van der Waals surface area contributed by atoms with E-state index in [2.05, 4.69) is 5.16 Å². The predicted molar refractivity (Wildman–Crippen MR) is 42.4 cm³/mol. The highest BCUT2D eigenvalue weighted by Crippen LogP contribution is 2.24. The van der Waals surface area contributed by atoms with Crippen LogP contribution in [0.3, 0.4) is 0 Å². The minimum atomic E-state index is -0.352. The number of anilines is 1. The maximum atomic E-state index is 10.8. The molecule has 0 atom stereocenters. The van der Waals surface area contributed by atoms with Crippen LogP contribution in [0.2, 0.25) is 0 Å². The monoisotopic (exact) mass is 156 g/mol. The predicted octanol–water partition coefficient (Wildman–Crippen LogP) is 0.848. The van der Waals surface area contributed by atoms with Gasteiger partial charge < -0.3 is 10.3 Å². The molecule has 1 aromatic heterocycles. The highest BCUT2D eigenvalue weighted by Gasteiger charge is 2.23. The Kier molecular flexibility index (Phi) is 1.55. The second-order valence-electron chi connectivity index (χ2n) is 3.53. The third-order valence-corrected chi connectivity index (χ3v) is 1.42. The van der Waals surface area contributed by atoms with Crippen molar-refractivity contribution in [3.8, 4) is 0 Å². The molecule has 0 spiro atoms. The maximum Gasteiger partial charge on any atom is 0.303 e. The fourth-order valence-corrected chi connectivity index (χ4v) is 0.868. The van der Waals surface area contributed by atoms with Crippen LogP contribution in [0.25, 0.3) is 0 Å². The molecule has 0 saturated carbocycles. The van der Waals surface area contributed by atoms with Crippen molar-refractivity contribution in [2.24, 2.45) is 0 Å². The fourth-order valence-electron chi connectivity index (χ4n) is 0.868. The van der Waals surface area contributed by atoms with E-state index in [4.69, 9.17) is 10.3 Å². The Hall–Kier alpha value is -1.19. The van der Waals surface area contributed by atoms with E-state index in [1.807, 2.05) is 20.8 Å². The number of hydrogen-bond donors (Lipinski definition) is 2. The molecule has 0 aliphatic carbocycles. The number of rotatable bonds is 0. The molecule has 1 rings (SSSR count). The highest BCUT2D eigenvalue weighted by atomic mass is 16.5. The molecule has 0 fully saturated rings. The maximum absolute atomic E-state index is 10.8. The van der Waals surface area contributed by atoms with Crippen molar-refractivity contribution in [1.29, 1.82) is 0 Å². The molecule has 0 aromatic carbocycles. The Morgan fingerprint density at radius 3 is 2.18 bits per heavy atom. The molecule has 0 aliphatic heterocycles. The van der Waals surface area contributed by atoms with Crippen LogP contribution < -0.4 is 11.3 Å². The molecule has 0 amide bonds. The van der Waals surface area contributed by atoms with E-state index in [0.717, 1.165) is 0 Å². The second kappa shape index (κ2) is 2.15. The van der Waals surface area contributed by atoms with Crippen molar-refractivity contribution in [2.45, 2.75) is 26.2 Å². The molecule has 0 unspecified atom stereocenters. The van der Waals surface area contributed by atoms with Crippen LogP contribution in [0.4, 0.5) is 5.69 Å². The fraction of sp³-hybridized carbons (Fsp3) is 0.571. The SMILES string of the molecule is CC(C)(C)c1o[nH]c(=O)c1N. The molecule has 1 heterocycles. The lowest BCUT2D eigenvalue weighted by molar-refractivity contribution is 0.327. The van der Waals surface area contributed by atoms with Crippen molar-refractivity contribution >= 4 is 5.69 Å². The Labute approximate surface area is 64.4 Å². The van der Waals surface area contributed by atoms with Gasteiger partial charge in [0.1, 0.15) is 5.69 Å². The zero-order valence-corrected chi connectivity index (χ0v) is 6.89. The average Bonchev–Trinajstić information content (AvgIpc) is 2.11. The number of H-pyrrole nitrogens is 1. The van der Waals surface area contributed by atoms with Crippen molar-refractivity contribution < 1.29 is 4.52 Å². The summed E-state index contributed by atoms with van der Waals surface area (Å²) in [7, 11) is 0. The Balaban J connectivity index is 3.26. The van der Waals surface area contributed by atoms with Crippen LogP contribution in [0.1, 0.15) is 26.5 Å². The smallest absolute Gasteiger partial charge is 0.303 e. The molecule has 11 heavy (non-hydrogen) atoms. The summed E-state index contributed by atoms with van der Waals surface area (Å²) in [6, 6.07) is 0. The number of nitrogens with one attached hydrogen (secondary N) is 1. The van der Waals surface area contributed by atoms with E-state index in [0.29, 0.717) is 5.76 Å². The summed E-state index contributed by atoms with van der Waals surface area (Å²) in [5.74, 6) is 0.516. The van der Waals surface area contributed by atoms with Crippen LogP contribution in [-0.4, -0.2) is 5.16 Å². The summed E-state index contributed by atoms with van der Waals surface area (Å²) < 4.78 is 4.90. The van der Waals surface area contributed by atoms with Gasteiger partial charge in [-0.25, -0.2) is 0 Å². The number of aromatic nitrogens is 1. The number of aromatic amines is 1. The Bertz CT molecular complexity index is 303. The van der Waals surface area contributed by atoms with E-state index in [1.165, 1.54) is 0 Å². The van der Waals surface area contributed by atoms with Gasteiger partial charge in [-0.3, -0.25) is 4.79 Å². The first-order valence-corrected chi connectivity index (χ1v) is 3.40. The zero-order valence-electron chi connectivity index (χ0n) is 6.89. The number of nitrogens with two attached hydrogens (primary N) is 1. The van der Waals surface area contributed by atoms with Crippen molar-refractivity contribution in [1.82, 2.24) is 5.16 Å². The molecule has 62 valence electrons. The van der Waals surface area contributed by atoms with Gasteiger partial charge in [0.15, 0.2) is 5.76 Å². The number of nitrogen functional groups attached to an aromatic ring is 1. The molecule has 0 bridgehead atoms. The van der Waals surface area contributed by atoms with E-state index in [1.54, 1.807) is 0 Å². The lowest BCUT2D eigenvalue weighted by Gasteiger charge is -2.13. The van der Waals surface area contributed by atoms with Gasteiger partial charge in [0.25, 0.3) is 0 Å². The summed E-state index contributed by atoms with van der Waals surface area (Å²) in [5, 5.41) is 2.19. The second-order valence-corrected chi connectivity index (χ2v) is 3.53. The standard InChI is InChI=1S/C7H12N2O2/c1-7(2,3)5-4(8)6(10)9-11-5/h8H2,1-3H3,(H,9,10). The molecule has 4 heteroatoms. The van der Waals surface area contributed by atoms with Crippen molar-refractivity contribution in [2.75, 3.05) is 5.73 Å². The van der Waals surface area contributed by atoms with E-state index < -0.39 is 0 Å². The van der Waals surface area contributed by atoms with Gasteiger partial charge in [0.2, 0.25) is 0 Å². The molecule has 0 aliphatic rings. The van der Waals surface area contributed by atoms with Crippen LogP contribution >= 0.6 is 0 Å². The van der Waals surface area contributed by atoms with Gasteiger partial charge in [0, 0.05) is 5.41 Å². The van der Waals surface area contributed by atoms with E-state index >= 15 is 0 Å². The quantitative estimate of drug-likeness (QED) is 0.584. The minimum Gasteiger partial charge on any atom is -0.391 e. The van der Waals surface area contributed by atoms with Crippen LogP contribution in [0, 0.1) is 0 Å². The van der Waals surface area contributed by atoms with Gasteiger partial charge in [-0.15, -0.1) is 0 Å². The topological polar surface area (TPSA) is 72.0 Å². The van der Waals surface area contributed by atoms with Crippen LogP contribution in [-0.2, 0) is 5.41 Å². The molecule has 0 saturated heterocycles. The normalized spacial score (nSPS) is 11.9. The molecular formula is C7H12N2O2. The highest BCUT2D eigenvalue weighted by molar-refractivity contribution is 5.41. The lowest BCUT2D eigenvalue weighted by atomic mass is 9.92. The van der Waals surface area contributed by atoms with E-state index in [9.17, 15) is 4.79 Å². The van der Waals surface area contributed by atoms with E-state index in [-0.39, 0.29) is 16.7 Å². The molecule has 1 aromatic rings. The summed E-state index contributed by atoms with van der Waals surface area (Å²) in [6.07, 6.45) is 0. The summed E-state index contributed by atoms with van der Waals surface area (Å²) in [5.41, 5.74) is 5.06. The zero-order chi connectivity index (χ0) is 8.65. The largest absolute Gasteiger partial charge is 0.391 e. The van der Waals surface area contributed by atoms with Gasteiger partial charge in [-0.05, 0) is 0 Å². The van der Waals surface area contributed by atoms with Gasteiger partial charge in [-0.1, -0.05) is 20.8 Å². The molecule has 0 radical (unpaired) electrons. The summed E-state index contributed by atoms with van der Waals surface area (Å²) in [4.78, 5) is 10.8. The summed E-state index contributed by atoms with van der Waals surface area (Å²) >= 11 is 0. The first-order chi connectivity index (χ1) is 4.93. The van der Waals surface area contributed by atoms with Crippen LogP contribution in [0.5, 0.6) is 0 Å². The Morgan fingerprint density at radius 2 is 2.00 bits per heavy atom. The van der Waals surface area contributed by atoms with Crippen LogP contribution in [0.15, 0.2) is 9.32 Å². The molecule has 4 nitrogen and oxygen atoms in total. The minimum absolute atomic E-state index is 0.178. The molecular weight excluding hydrogens is 144 g/mol. The molecule has 3 N–H and O–H groups in total. The lowest BCUT2D eigenvalue weighted by Crippen LogP contribution is -2.14. The van der Waals surface area contributed by atoms with Gasteiger partial charge in [0.05, 0.1) is 0 Å². The first-order valence-electron chi connectivity index (χ1n) is 3.40. The number of hydrogen-bond acceptors (Lipinski definition) is 3. The summed E-state index contributed by atoms with van der Waals surface area (Å²) in [6.45, 7) is 5.78. The average molecular weight is 156 g/mol.